The highest BCUT2D eigenvalue weighted by atomic mass is 16.3. The van der Waals surface area contributed by atoms with Crippen LogP contribution in [0.3, 0.4) is 0 Å². The summed E-state index contributed by atoms with van der Waals surface area (Å²) >= 11 is 0. The number of carbonyl (C=O) groups excluding carboxylic acids is 2. The van der Waals surface area contributed by atoms with E-state index in [9.17, 15) is 9.59 Å². The maximum Gasteiger partial charge on any atom is 0.257 e. The van der Waals surface area contributed by atoms with Crippen molar-refractivity contribution in [3.05, 3.63) is 60.2 Å². The molecule has 182 valence electrons. The number of hydrogen-bond donors (Lipinski definition) is 1. The number of hydrogen-bond acceptors (Lipinski definition) is 7. The van der Waals surface area contributed by atoms with Gasteiger partial charge in [-0.25, -0.2) is 5.01 Å². The number of amides is 2. The summed E-state index contributed by atoms with van der Waals surface area (Å²) in [4.78, 5) is 29.8. The van der Waals surface area contributed by atoms with Crippen LogP contribution in [-0.4, -0.2) is 77.6 Å². The minimum absolute atomic E-state index is 0.0718. The minimum Gasteiger partial charge on any atom is -0.467 e. The van der Waals surface area contributed by atoms with Gasteiger partial charge in [-0.15, -0.1) is 0 Å². The first kappa shape index (κ1) is 22.1. The van der Waals surface area contributed by atoms with Gasteiger partial charge in [0.2, 0.25) is 5.91 Å². The van der Waals surface area contributed by atoms with E-state index in [0.717, 1.165) is 55.7 Å². The van der Waals surface area contributed by atoms with E-state index in [4.69, 9.17) is 13.9 Å². The van der Waals surface area contributed by atoms with Crippen molar-refractivity contribution in [2.75, 3.05) is 39.3 Å². The maximum absolute atomic E-state index is 13.4. The highest BCUT2D eigenvalue weighted by Crippen LogP contribution is 2.34. The lowest BCUT2D eigenvalue weighted by molar-refractivity contribution is -0.135. The summed E-state index contributed by atoms with van der Waals surface area (Å²) in [6.07, 6.45) is 4.34. The summed E-state index contributed by atoms with van der Waals surface area (Å²) in [5, 5.41) is 10.3. The van der Waals surface area contributed by atoms with Gasteiger partial charge in [0, 0.05) is 44.0 Å². The number of hydrazone groups is 1. The van der Waals surface area contributed by atoms with Crippen molar-refractivity contribution in [2.45, 2.75) is 31.3 Å². The van der Waals surface area contributed by atoms with E-state index >= 15 is 0 Å². The second-order valence-corrected chi connectivity index (χ2v) is 9.56. The fraction of sp³-hybridized carbons (Fsp3) is 0.423. The molecule has 3 aromatic rings. The number of benzene rings is 1. The molecule has 1 atom stereocenters. The van der Waals surface area contributed by atoms with E-state index in [-0.39, 0.29) is 24.4 Å². The molecule has 1 saturated carbocycles. The lowest BCUT2D eigenvalue weighted by Crippen LogP contribution is -2.51. The molecule has 2 fully saturated rings. The molecular formula is C26H29N5O4. The van der Waals surface area contributed by atoms with Gasteiger partial charge in [-0.05, 0) is 37.1 Å². The number of furan rings is 2. The van der Waals surface area contributed by atoms with Gasteiger partial charge in [-0.2, -0.15) is 5.10 Å². The SMILES string of the molecule is O=C(CN1CCN(CC(=O)N2N=C(c3cc4ccccc4o3)C[C@H]2c2ccco2)CC1)NC1CC1. The number of nitrogens with one attached hydrogen (secondary N) is 1. The van der Waals surface area contributed by atoms with Crippen LogP contribution in [0.4, 0.5) is 0 Å². The molecule has 9 heteroatoms. The number of para-hydroxylation sites is 1. The Balaban J connectivity index is 1.12. The smallest absolute Gasteiger partial charge is 0.257 e. The van der Waals surface area contributed by atoms with Crippen LogP contribution >= 0.6 is 0 Å². The monoisotopic (exact) mass is 475 g/mol. The van der Waals surface area contributed by atoms with Crippen LogP contribution < -0.4 is 5.32 Å². The van der Waals surface area contributed by atoms with Gasteiger partial charge < -0.3 is 14.2 Å². The van der Waals surface area contributed by atoms with Gasteiger partial charge in [0.25, 0.3) is 5.91 Å². The summed E-state index contributed by atoms with van der Waals surface area (Å²) < 4.78 is 11.7. The fourth-order valence-electron chi connectivity index (χ4n) is 4.79. The number of carbonyl (C=O) groups is 2. The molecule has 1 saturated heterocycles. The highest BCUT2D eigenvalue weighted by Gasteiger charge is 2.37. The largest absolute Gasteiger partial charge is 0.467 e. The zero-order chi connectivity index (χ0) is 23.8. The van der Waals surface area contributed by atoms with Gasteiger partial charge in [0.1, 0.15) is 23.1 Å². The molecule has 1 aromatic carbocycles. The first-order valence-corrected chi connectivity index (χ1v) is 12.3. The molecule has 2 aromatic heterocycles. The topological polar surface area (TPSA) is 94.5 Å². The second-order valence-electron chi connectivity index (χ2n) is 9.56. The number of rotatable bonds is 7. The van der Waals surface area contributed by atoms with Crippen molar-refractivity contribution in [1.82, 2.24) is 20.1 Å². The van der Waals surface area contributed by atoms with Gasteiger partial charge in [0.05, 0.1) is 19.4 Å². The molecule has 9 nitrogen and oxygen atoms in total. The predicted molar refractivity (Wildman–Crippen MR) is 130 cm³/mol. The summed E-state index contributed by atoms with van der Waals surface area (Å²) in [7, 11) is 0. The summed E-state index contributed by atoms with van der Waals surface area (Å²) in [6.45, 7) is 3.71. The zero-order valence-electron chi connectivity index (χ0n) is 19.6. The first-order valence-electron chi connectivity index (χ1n) is 12.3. The van der Waals surface area contributed by atoms with E-state index in [2.05, 4.69) is 15.1 Å². The number of fused-ring (bicyclic) bond motifs is 1. The molecule has 4 heterocycles. The first-order chi connectivity index (χ1) is 17.1. The van der Waals surface area contributed by atoms with Gasteiger partial charge >= 0.3 is 0 Å². The molecule has 0 radical (unpaired) electrons. The fourth-order valence-corrected chi connectivity index (χ4v) is 4.79. The van der Waals surface area contributed by atoms with Crippen LogP contribution in [0.2, 0.25) is 0 Å². The lowest BCUT2D eigenvalue weighted by Gasteiger charge is -2.34. The summed E-state index contributed by atoms with van der Waals surface area (Å²) in [5.41, 5.74) is 1.54. The van der Waals surface area contributed by atoms with Crippen molar-refractivity contribution in [2.24, 2.45) is 5.10 Å². The average molecular weight is 476 g/mol. The van der Waals surface area contributed by atoms with Crippen molar-refractivity contribution in [3.8, 4) is 0 Å². The third-order valence-electron chi connectivity index (χ3n) is 6.88. The standard InChI is InChI=1S/C26H29N5O4/c32-25(27-19-7-8-19)16-29-9-11-30(12-10-29)17-26(33)31-21(23-6-3-13-34-23)15-20(28-31)24-14-18-4-1-2-5-22(18)35-24/h1-6,13-14,19,21H,7-12,15-17H2,(H,27,32)/t21-/m0/s1. The Kier molecular flexibility index (Phi) is 5.87. The predicted octanol–water partition coefficient (Wildman–Crippen LogP) is 2.60. The molecule has 1 aliphatic carbocycles. The van der Waals surface area contributed by atoms with Gasteiger partial charge in [-0.3, -0.25) is 19.4 Å². The molecule has 0 bridgehead atoms. The third-order valence-corrected chi connectivity index (χ3v) is 6.88. The molecular weight excluding hydrogens is 446 g/mol. The van der Waals surface area contributed by atoms with E-state index < -0.39 is 0 Å². The Morgan fingerprint density at radius 3 is 2.49 bits per heavy atom. The summed E-state index contributed by atoms with van der Waals surface area (Å²) in [5.74, 6) is 1.41. The Hall–Kier alpha value is -3.43. The quantitative estimate of drug-likeness (QED) is 0.565. The van der Waals surface area contributed by atoms with E-state index in [1.165, 1.54) is 0 Å². The average Bonchev–Trinajstić information content (AvgIpc) is 3.25. The Labute approximate surface area is 203 Å². The highest BCUT2D eigenvalue weighted by molar-refractivity contribution is 6.03. The second kappa shape index (κ2) is 9.31. The minimum atomic E-state index is -0.298. The van der Waals surface area contributed by atoms with E-state index in [1.54, 1.807) is 11.3 Å². The third kappa shape index (κ3) is 4.87. The molecule has 3 aliphatic rings. The molecule has 0 spiro atoms. The van der Waals surface area contributed by atoms with Crippen LogP contribution in [-0.2, 0) is 9.59 Å². The normalized spacial score (nSPS) is 21.4. The van der Waals surface area contributed by atoms with E-state index in [1.807, 2.05) is 42.5 Å². The molecule has 0 unspecified atom stereocenters. The van der Waals surface area contributed by atoms with E-state index in [0.29, 0.717) is 30.5 Å². The molecule has 6 rings (SSSR count). The number of piperazine rings is 1. The van der Waals surface area contributed by atoms with Crippen molar-refractivity contribution < 1.29 is 18.4 Å². The molecule has 2 amide bonds. The maximum atomic E-state index is 13.4. The van der Waals surface area contributed by atoms with Gasteiger partial charge in [0.15, 0.2) is 5.76 Å². The van der Waals surface area contributed by atoms with Crippen LogP contribution in [0.5, 0.6) is 0 Å². The molecule has 2 aliphatic heterocycles. The molecule has 1 N–H and O–H groups in total. The molecule has 35 heavy (non-hydrogen) atoms. The van der Waals surface area contributed by atoms with Crippen LogP contribution in [0.1, 0.15) is 36.8 Å². The van der Waals surface area contributed by atoms with Crippen molar-refractivity contribution in [1.29, 1.82) is 0 Å². The van der Waals surface area contributed by atoms with Crippen LogP contribution in [0.15, 0.2) is 62.7 Å². The zero-order valence-corrected chi connectivity index (χ0v) is 19.6. The number of nitrogens with zero attached hydrogens (tertiary/aromatic N) is 4. The van der Waals surface area contributed by atoms with Crippen molar-refractivity contribution >= 4 is 28.5 Å². The van der Waals surface area contributed by atoms with Crippen LogP contribution in [0, 0.1) is 0 Å². The summed E-state index contributed by atoms with van der Waals surface area (Å²) in [6, 6.07) is 13.6. The Morgan fingerprint density at radius 1 is 1.00 bits per heavy atom. The van der Waals surface area contributed by atoms with Gasteiger partial charge in [-0.1, -0.05) is 18.2 Å². The Morgan fingerprint density at radius 2 is 1.77 bits per heavy atom. The Bertz CT molecular complexity index is 1200. The van der Waals surface area contributed by atoms with Crippen LogP contribution in [0.25, 0.3) is 11.0 Å². The van der Waals surface area contributed by atoms with Crippen molar-refractivity contribution in [3.63, 3.8) is 0 Å². The lowest BCUT2D eigenvalue weighted by atomic mass is 10.1.